The van der Waals surface area contributed by atoms with Crippen molar-refractivity contribution in [2.24, 2.45) is 17.4 Å². The molecule has 1 unspecified atom stereocenters. The Bertz CT molecular complexity index is 5170. The molecule has 24 N–H and O–H groups in total. The first-order valence-corrected chi connectivity index (χ1v) is 40.0. The molecule has 3 saturated heterocycles. The number of hydrogen-bond acceptors (Lipinski definition) is 32. The smallest absolute Gasteiger partial charge is 0.330 e. The quantitative estimate of drug-likeness (QED) is 0.0506. The number of hydrogen-bond donors (Lipinski definition) is 22. The number of primary amides is 1. The summed E-state index contributed by atoms with van der Waals surface area (Å²) in [4.78, 5) is 120. The number of aliphatic hydroxyl groups is 8. The number of rotatable bonds is 20. The molecule has 8 aliphatic heterocycles. The van der Waals surface area contributed by atoms with Crippen LogP contribution in [0.5, 0.6) is 46.0 Å². The van der Waals surface area contributed by atoms with Crippen molar-refractivity contribution in [1.29, 1.82) is 0 Å². The number of aliphatic carboxylic acids is 1. The molecule has 7 amide bonds. The molecule has 42 heteroatoms. The van der Waals surface area contributed by atoms with E-state index in [0.717, 1.165) is 72.3 Å². The molecular weight excluding hydrogens is 1690 g/mol. The predicted octanol–water partition coefficient (Wildman–Crippen LogP) is 1.02. The van der Waals surface area contributed by atoms with Gasteiger partial charge in [-0.05, 0) is 110 Å². The van der Waals surface area contributed by atoms with E-state index < -0.39 is 284 Å². The molecule has 672 valence electrons. The lowest BCUT2D eigenvalue weighted by atomic mass is 9.86. The molecule has 3 fully saturated rings. The van der Waals surface area contributed by atoms with Gasteiger partial charge in [0.25, 0.3) is 0 Å². The van der Waals surface area contributed by atoms with Crippen LogP contribution >= 0.6 is 23.2 Å². The van der Waals surface area contributed by atoms with E-state index >= 15 is 24.0 Å². The third-order valence-electron chi connectivity index (χ3n) is 22.0. The maximum Gasteiger partial charge on any atom is 0.330 e. The number of halogens is 2. The second kappa shape index (κ2) is 38.9. The number of phenolic OH excluding ortho intramolecular Hbond substituents is 3. The fraction of sp³-hybridized carbons (Fsp3) is 0.434. The predicted molar refractivity (Wildman–Crippen MR) is 435 cm³/mol. The van der Waals surface area contributed by atoms with Crippen LogP contribution in [-0.2, 0) is 68.6 Å². The zero-order valence-corrected chi connectivity index (χ0v) is 68.2. The molecule has 0 saturated carbocycles. The van der Waals surface area contributed by atoms with Crippen LogP contribution < -0.4 is 68.2 Å². The number of fused-ring (bicyclic) bond motifs is 15. The molecular formula is C83H97Cl2N11O29. The van der Waals surface area contributed by atoms with E-state index in [9.17, 15) is 75.7 Å². The molecule has 15 rings (SSSR count). The number of carboxylic acids is 1. The SMILES string of the molecule is C.CN[C@H](CC(C)C)C(=O)N[C@H]1C(=O)N[C@@H](CC(N)=O)C(=O)N[C@H]2C(=O)N[C@H]3C(=O)N[C@H](C(=O)N[C@@H](C(=O)O)c4cc(O)cc(O)c4-c4cc3ccc4O)[C@H](OC3C[C@](C)(N)[C@@H](O)[C@H](C)O3)c3ccc(c(Cl)c3)Oc3cc2cc(c3O[C@@H]2O[C@H](CO)[C@@H](O[C@@H]3O[C@H](CNCc4cc(-c5ccccc5)no4)[C@H](O)[C@H](O)[C@H]3O)[C@H](O)[C@H]2O)Oc2ccc(cc2Cl)[C@H]1O. The second-order valence-corrected chi connectivity index (χ2v) is 32.3. The summed E-state index contributed by atoms with van der Waals surface area (Å²) in [6, 6.07) is 9.71. The Balaban J connectivity index is 0.0000142. The lowest BCUT2D eigenvalue weighted by Crippen LogP contribution is -2.65. The molecule has 8 aliphatic rings. The number of benzene rings is 6. The van der Waals surface area contributed by atoms with Gasteiger partial charge in [-0.15, -0.1) is 0 Å². The number of amides is 7. The number of nitrogens with two attached hydrogens (primary N) is 2. The highest BCUT2D eigenvalue weighted by molar-refractivity contribution is 6.32. The molecule has 7 aromatic rings. The van der Waals surface area contributed by atoms with E-state index in [4.69, 9.17) is 77.1 Å². The van der Waals surface area contributed by atoms with E-state index in [-0.39, 0.29) is 50.4 Å². The summed E-state index contributed by atoms with van der Waals surface area (Å²) in [7, 11) is 1.46. The van der Waals surface area contributed by atoms with Crippen LogP contribution in [0.15, 0.2) is 120 Å². The summed E-state index contributed by atoms with van der Waals surface area (Å²) < 4.78 is 56.6. The van der Waals surface area contributed by atoms with Gasteiger partial charge in [0.05, 0.1) is 47.9 Å². The van der Waals surface area contributed by atoms with Gasteiger partial charge in [-0.1, -0.05) is 98.2 Å². The Labute approximate surface area is 722 Å². The normalized spacial score (nSPS) is 29.7. The summed E-state index contributed by atoms with van der Waals surface area (Å²) in [5.74, 6) is -16.3. The van der Waals surface area contributed by atoms with E-state index in [2.05, 4.69) is 47.7 Å². The van der Waals surface area contributed by atoms with Crippen molar-refractivity contribution in [3.8, 4) is 68.4 Å². The number of aromatic hydroxyl groups is 3. The van der Waals surface area contributed by atoms with Gasteiger partial charge < -0.3 is 158 Å². The van der Waals surface area contributed by atoms with Gasteiger partial charge in [-0.25, -0.2) is 4.79 Å². The van der Waals surface area contributed by atoms with Crippen molar-refractivity contribution in [3.63, 3.8) is 0 Å². The highest BCUT2D eigenvalue weighted by Crippen LogP contribution is 2.50. The summed E-state index contributed by atoms with van der Waals surface area (Å²) in [5, 5.41) is 163. The van der Waals surface area contributed by atoms with Crippen LogP contribution in [0, 0.1) is 5.92 Å². The van der Waals surface area contributed by atoms with Crippen LogP contribution in [0.4, 0.5) is 0 Å². The third-order valence-corrected chi connectivity index (χ3v) is 22.6. The summed E-state index contributed by atoms with van der Waals surface area (Å²) in [5.41, 5.74) is 9.25. The number of carbonyl (C=O) groups is 8. The third kappa shape index (κ3) is 20.3. The highest BCUT2D eigenvalue weighted by atomic mass is 35.5. The lowest BCUT2D eigenvalue weighted by Gasteiger charge is -2.46. The first kappa shape index (κ1) is 93.2. The number of carboxylic acid groups (broad SMARTS) is 1. The van der Waals surface area contributed by atoms with Crippen molar-refractivity contribution in [2.45, 2.75) is 201 Å². The average molecular weight is 1780 g/mol. The van der Waals surface area contributed by atoms with Gasteiger partial charge >= 0.3 is 5.97 Å². The minimum Gasteiger partial charge on any atom is -0.508 e. The number of aromatic nitrogens is 1. The first-order valence-electron chi connectivity index (χ1n) is 39.2. The number of likely N-dealkylation sites (N-methyl/N-ethyl adjacent to an activating group) is 1. The number of nitrogens with zero attached hydrogens (tertiary/aromatic N) is 1. The topological polar surface area (TPSA) is 627 Å². The molecule has 9 heterocycles. The molecule has 6 aromatic carbocycles. The minimum atomic E-state index is -2.43. The van der Waals surface area contributed by atoms with Crippen LogP contribution in [0.3, 0.4) is 0 Å². The van der Waals surface area contributed by atoms with Crippen molar-refractivity contribution < 1.29 is 142 Å². The molecule has 125 heavy (non-hydrogen) atoms. The van der Waals surface area contributed by atoms with Gasteiger partial charge in [-0.3, -0.25) is 33.6 Å². The Kier molecular flexibility index (Phi) is 29.0. The Hall–Kier alpha value is -11.0. The fourth-order valence-electron chi connectivity index (χ4n) is 15.5. The summed E-state index contributed by atoms with van der Waals surface area (Å²) in [6.07, 6.45) is -29.3. The molecule has 40 nitrogen and oxygen atoms in total. The molecule has 0 radical (unpaired) electrons. The summed E-state index contributed by atoms with van der Waals surface area (Å²) in [6.45, 7) is 5.18. The van der Waals surface area contributed by atoms with Gasteiger partial charge in [0.2, 0.25) is 53.4 Å². The summed E-state index contributed by atoms with van der Waals surface area (Å²) >= 11 is 14.5. The lowest BCUT2D eigenvalue weighted by molar-refractivity contribution is -0.350. The Morgan fingerprint density at radius 3 is 1.94 bits per heavy atom. The van der Waals surface area contributed by atoms with E-state index in [0.29, 0.717) is 11.5 Å². The number of ether oxygens (including phenoxy) is 8. The zero-order valence-electron chi connectivity index (χ0n) is 66.7. The first-order chi connectivity index (χ1) is 58.9. The van der Waals surface area contributed by atoms with Crippen molar-refractivity contribution in [2.75, 3.05) is 20.2 Å². The minimum absolute atomic E-state index is 0. The molecule has 11 bridgehead atoms. The number of nitrogens with one attached hydrogen (secondary N) is 8. The van der Waals surface area contributed by atoms with E-state index in [1.165, 1.54) is 33.0 Å². The Morgan fingerprint density at radius 1 is 0.672 bits per heavy atom. The molecule has 1 aromatic heterocycles. The van der Waals surface area contributed by atoms with Gasteiger partial charge in [0, 0.05) is 52.9 Å². The largest absolute Gasteiger partial charge is 0.508 e. The van der Waals surface area contributed by atoms with Crippen molar-refractivity contribution >= 4 is 70.5 Å². The molecule has 23 atom stereocenters. The monoisotopic (exact) mass is 1780 g/mol. The second-order valence-electron chi connectivity index (χ2n) is 31.5. The molecule has 0 spiro atoms. The van der Waals surface area contributed by atoms with Crippen LogP contribution in [0.1, 0.15) is 118 Å². The maximum atomic E-state index is 16.4. The average Bonchev–Trinajstić information content (AvgIpc) is 1.64. The standard InChI is InChI=1S/C82H93Cl2N11O29.CH4/c1-31(2)17-45(87-5)73(108)93-61-63(101)35-12-15-49(42(83)19-35)117-51-21-37-22-52(70(51)122-81-68(106)66(104)71(54(30-96)120-81)123-80-67(105)65(103)64(102)53(119-80)29-88-28-39-25-44(95-124-39)33-9-7-6-8-10-33)118-50-16-13-36(20-43(50)84)69(121-56-27-82(4,86)72(107)32(3)116-56)62-78(113)92-60(79(114)115)41-23-38(97)24-48(99)57(41)40-18-34(11-14-47(40)98)58(75(110)94-62)91-76(111)59(37)90-74(109)46(26-55(85)100)89-77(61)112;/h6-16,18-25,31-32,45-46,53-54,56,58-69,71-72,80-81,87-88,96-99,101-107H,17,26-30,86H2,1-5H3,(H2,85,100)(H,89,112)(H,90,109)(H,91,111)(H,92,113)(H,93,108)(H,94,110)(H,114,115);1H4/t32-,45+,46-,53+,54+,56?,58+,59+,60+,61+,62-,63+,64-,65-,66+,67+,68+,69+,71+,72-,80-,81-,82-;/m0./s1. The maximum absolute atomic E-state index is 16.4. The van der Waals surface area contributed by atoms with Crippen LogP contribution in [0.25, 0.3) is 22.4 Å². The molecule has 0 aliphatic carbocycles. The van der Waals surface area contributed by atoms with Gasteiger partial charge in [-0.2, -0.15) is 0 Å². The van der Waals surface area contributed by atoms with Gasteiger partial charge in [0.15, 0.2) is 35.9 Å². The fourth-order valence-corrected chi connectivity index (χ4v) is 15.9. The van der Waals surface area contributed by atoms with Crippen molar-refractivity contribution in [1.82, 2.24) is 47.7 Å². The van der Waals surface area contributed by atoms with Gasteiger partial charge in [0.1, 0.15) is 126 Å². The van der Waals surface area contributed by atoms with E-state index in [1.54, 1.807) is 19.9 Å². The van der Waals surface area contributed by atoms with E-state index in [1.807, 2.05) is 30.3 Å². The zero-order chi connectivity index (χ0) is 89.4. The number of carbonyl (C=O) groups excluding carboxylic acids is 7. The number of phenols is 3. The number of aliphatic hydroxyl groups excluding tert-OH is 8. The Morgan fingerprint density at radius 2 is 1.30 bits per heavy atom. The van der Waals surface area contributed by atoms with Crippen LogP contribution in [0.2, 0.25) is 10.0 Å². The highest BCUT2D eigenvalue weighted by Gasteiger charge is 2.53. The van der Waals surface area contributed by atoms with Crippen LogP contribution in [-0.4, -0.2) is 244 Å². The van der Waals surface area contributed by atoms with Crippen molar-refractivity contribution in [3.05, 3.63) is 159 Å².